The van der Waals surface area contributed by atoms with Crippen LogP contribution in [0.4, 0.5) is 4.39 Å². The van der Waals surface area contributed by atoms with E-state index in [9.17, 15) is 29.0 Å². The van der Waals surface area contributed by atoms with Crippen LogP contribution in [0.1, 0.15) is 46.5 Å². The van der Waals surface area contributed by atoms with Crippen LogP contribution in [0.25, 0.3) is 0 Å². The topological polar surface area (TPSA) is 122 Å². The van der Waals surface area contributed by atoms with E-state index in [2.05, 4.69) is 5.32 Å². The molecular weight excluding hydrogens is 457 g/mol. The molecule has 0 fully saturated rings. The number of hydrogen-bond donors (Lipinski definition) is 3. The van der Waals surface area contributed by atoms with Crippen molar-refractivity contribution >= 4 is 17.5 Å². The van der Waals surface area contributed by atoms with Crippen molar-refractivity contribution in [1.29, 1.82) is 0 Å². The van der Waals surface area contributed by atoms with Crippen LogP contribution in [0.3, 0.4) is 0 Å². The standard InChI is InChI=1S/C26H24FNO7/c1-11-6-14(27)7-12(2)15(11)10-28-25(33)21-18(34-5)8-17(31)22-23(21)35-19-9-16(30)20(13(3)29)24(32)26(19,22)4/h6-9,30-31H,10H2,1-5H3,(H,28,33)/t26-/m1/s1. The van der Waals surface area contributed by atoms with E-state index in [0.29, 0.717) is 11.1 Å². The predicted molar refractivity (Wildman–Crippen MR) is 123 cm³/mol. The van der Waals surface area contributed by atoms with E-state index in [1.165, 1.54) is 32.2 Å². The number of aliphatic hydroxyl groups excluding tert-OH is 1. The highest BCUT2D eigenvalue weighted by Gasteiger charge is 2.55. The van der Waals surface area contributed by atoms with Crippen molar-refractivity contribution in [3.8, 4) is 17.2 Å². The minimum absolute atomic E-state index is 0.00873. The first-order chi connectivity index (χ1) is 16.4. The lowest BCUT2D eigenvalue weighted by Crippen LogP contribution is -2.38. The number of carbonyl (C=O) groups is 3. The van der Waals surface area contributed by atoms with E-state index in [-0.39, 0.29) is 46.5 Å². The van der Waals surface area contributed by atoms with Gasteiger partial charge in [0.2, 0.25) is 0 Å². The highest BCUT2D eigenvalue weighted by Crippen LogP contribution is 2.56. The third kappa shape index (κ3) is 3.54. The molecule has 0 unspecified atom stereocenters. The molecule has 2 aliphatic rings. The average Bonchev–Trinajstić information content (AvgIpc) is 3.06. The minimum atomic E-state index is -1.64. The third-order valence-corrected chi connectivity index (χ3v) is 6.52. The molecule has 2 aromatic rings. The molecule has 1 atom stereocenters. The molecule has 1 aliphatic heterocycles. The summed E-state index contributed by atoms with van der Waals surface area (Å²) in [5.74, 6) is -3.50. The lowest BCUT2D eigenvalue weighted by atomic mass is 9.71. The van der Waals surface area contributed by atoms with E-state index in [4.69, 9.17) is 9.47 Å². The number of ketones is 2. The summed E-state index contributed by atoms with van der Waals surface area (Å²) in [6.07, 6.45) is 1.14. The van der Waals surface area contributed by atoms with Gasteiger partial charge in [-0.2, -0.15) is 0 Å². The molecule has 8 nitrogen and oxygen atoms in total. The molecule has 35 heavy (non-hydrogen) atoms. The molecule has 1 heterocycles. The molecule has 3 N–H and O–H groups in total. The fraction of sp³-hybridized carbons (Fsp3) is 0.269. The molecule has 0 saturated carbocycles. The van der Waals surface area contributed by atoms with E-state index >= 15 is 0 Å². The van der Waals surface area contributed by atoms with Crippen LogP contribution in [0, 0.1) is 19.7 Å². The van der Waals surface area contributed by atoms with Crippen LogP contribution in [-0.4, -0.2) is 34.8 Å². The summed E-state index contributed by atoms with van der Waals surface area (Å²) in [4.78, 5) is 38.7. The lowest BCUT2D eigenvalue weighted by Gasteiger charge is -2.27. The number of phenols is 1. The third-order valence-electron chi connectivity index (χ3n) is 6.52. The zero-order chi connectivity index (χ0) is 25.8. The number of fused-ring (bicyclic) bond motifs is 3. The van der Waals surface area contributed by atoms with Gasteiger partial charge in [0.15, 0.2) is 17.3 Å². The number of aromatic hydroxyl groups is 1. The summed E-state index contributed by atoms with van der Waals surface area (Å²) in [6, 6.07) is 3.93. The summed E-state index contributed by atoms with van der Waals surface area (Å²) in [7, 11) is 1.31. The number of nitrogens with one attached hydrogen (secondary N) is 1. The number of rotatable bonds is 5. The van der Waals surface area contributed by atoms with Crippen LogP contribution in [-0.2, 0) is 21.5 Å². The van der Waals surface area contributed by atoms with Crippen molar-refractivity contribution in [3.05, 3.63) is 75.0 Å². The van der Waals surface area contributed by atoms with E-state index in [1.807, 2.05) is 0 Å². The fourth-order valence-corrected chi connectivity index (χ4v) is 4.70. The van der Waals surface area contributed by atoms with Gasteiger partial charge in [-0.15, -0.1) is 0 Å². The Hall–Kier alpha value is -4.14. The number of aryl methyl sites for hydroxylation is 2. The van der Waals surface area contributed by atoms with Gasteiger partial charge >= 0.3 is 0 Å². The monoisotopic (exact) mass is 481 g/mol. The van der Waals surface area contributed by atoms with Crippen molar-refractivity contribution in [2.45, 2.75) is 39.7 Å². The molecule has 4 rings (SSSR count). The molecule has 0 bridgehead atoms. The van der Waals surface area contributed by atoms with Crippen molar-refractivity contribution in [2.24, 2.45) is 0 Å². The zero-order valence-electron chi connectivity index (χ0n) is 19.8. The molecule has 1 amide bonds. The Labute approximate surface area is 200 Å². The van der Waals surface area contributed by atoms with Gasteiger partial charge in [0.25, 0.3) is 5.91 Å². The second kappa shape index (κ2) is 8.26. The van der Waals surface area contributed by atoms with Crippen LogP contribution in [0.2, 0.25) is 0 Å². The number of phenolic OH excluding ortho intramolecular Hbond substituents is 1. The Kier molecular flexibility index (Phi) is 5.67. The molecule has 0 radical (unpaired) electrons. The number of hydrogen-bond acceptors (Lipinski definition) is 7. The highest BCUT2D eigenvalue weighted by atomic mass is 19.1. The maximum absolute atomic E-state index is 13.7. The zero-order valence-corrected chi connectivity index (χ0v) is 19.8. The number of methoxy groups -OCH3 is 1. The number of allylic oxidation sites excluding steroid dienone is 3. The SMILES string of the molecule is COc1cc(O)c2c(c1C(=O)NCc1c(C)cc(F)cc1C)OC1=CC(O)=C(C(C)=O)C(=O)[C@]12C. The van der Waals surface area contributed by atoms with Crippen LogP contribution in [0.5, 0.6) is 17.2 Å². The maximum Gasteiger partial charge on any atom is 0.259 e. The van der Waals surface area contributed by atoms with E-state index in [1.54, 1.807) is 13.8 Å². The average molecular weight is 481 g/mol. The van der Waals surface area contributed by atoms with Gasteiger partial charge in [-0.3, -0.25) is 14.4 Å². The van der Waals surface area contributed by atoms with Crippen LogP contribution in [0.15, 0.2) is 41.4 Å². The van der Waals surface area contributed by atoms with Crippen molar-refractivity contribution in [1.82, 2.24) is 5.32 Å². The first kappa shape index (κ1) is 24.0. The maximum atomic E-state index is 13.7. The van der Waals surface area contributed by atoms with E-state index in [0.717, 1.165) is 18.6 Å². The molecule has 0 aromatic heterocycles. The largest absolute Gasteiger partial charge is 0.507 e. The van der Waals surface area contributed by atoms with Crippen molar-refractivity contribution in [2.75, 3.05) is 7.11 Å². The summed E-state index contributed by atoms with van der Waals surface area (Å²) in [5.41, 5.74) is -0.0991. The quantitative estimate of drug-likeness (QED) is 0.558. The van der Waals surface area contributed by atoms with Crippen LogP contribution >= 0.6 is 0 Å². The normalized spacial score (nSPS) is 18.5. The van der Waals surface area contributed by atoms with E-state index < -0.39 is 34.2 Å². The fourth-order valence-electron chi connectivity index (χ4n) is 4.70. The molecule has 0 saturated heterocycles. The minimum Gasteiger partial charge on any atom is -0.507 e. The Balaban J connectivity index is 1.80. The van der Waals surface area contributed by atoms with Gasteiger partial charge in [0.1, 0.15) is 45.4 Å². The van der Waals surface area contributed by atoms with Gasteiger partial charge in [0, 0.05) is 18.7 Å². The lowest BCUT2D eigenvalue weighted by molar-refractivity contribution is -0.123. The Morgan fingerprint density at radius 2 is 1.80 bits per heavy atom. The Bertz CT molecular complexity index is 1370. The molecule has 2 aromatic carbocycles. The summed E-state index contributed by atoms with van der Waals surface area (Å²) >= 11 is 0. The number of aliphatic hydroxyl groups is 1. The number of Topliss-reactive ketones (excluding diaryl/α,β-unsaturated/α-hetero) is 2. The van der Waals surface area contributed by atoms with Crippen molar-refractivity contribution < 1.29 is 38.5 Å². The molecule has 0 spiro atoms. The van der Waals surface area contributed by atoms with Gasteiger partial charge in [-0.1, -0.05) is 0 Å². The molecule has 1 aliphatic carbocycles. The van der Waals surface area contributed by atoms with Gasteiger partial charge in [-0.05, 0) is 56.5 Å². The van der Waals surface area contributed by atoms with Crippen LogP contribution < -0.4 is 14.8 Å². The number of carbonyl (C=O) groups excluding carboxylic acids is 3. The Morgan fingerprint density at radius 3 is 2.37 bits per heavy atom. The first-order valence-corrected chi connectivity index (χ1v) is 10.8. The highest BCUT2D eigenvalue weighted by molar-refractivity contribution is 6.25. The first-order valence-electron chi connectivity index (χ1n) is 10.8. The molecule has 182 valence electrons. The Morgan fingerprint density at radius 1 is 1.17 bits per heavy atom. The van der Waals surface area contributed by atoms with Gasteiger partial charge in [-0.25, -0.2) is 4.39 Å². The number of ether oxygens (including phenoxy) is 2. The van der Waals surface area contributed by atoms with Crippen molar-refractivity contribution in [3.63, 3.8) is 0 Å². The van der Waals surface area contributed by atoms with Gasteiger partial charge < -0.3 is 25.0 Å². The molecule has 9 heteroatoms. The number of benzene rings is 2. The summed E-state index contributed by atoms with van der Waals surface area (Å²) < 4.78 is 24.8. The smallest absolute Gasteiger partial charge is 0.259 e. The number of halogens is 1. The number of amides is 1. The summed E-state index contributed by atoms with van der Waals surface area (Å²) in [5, 5.41) is 23.8. The predicted octanol–water partition coefficient (Wildman–Crippen LogP) is 3.60. The van der Waals surface area contributed by atoms with Gasteiger partial charge in [0.05, 0.1) is 12.7 Å². The summed E-state index contributed by atoms with van der Waals surface area (Å²) in [6.45, 7) is 6.13. The second-order valence-electron chi connectivity index (χ2n) is 8.76. The second-order valence-corrected chi connectivity index (χ2v) is 8.76. The molecular formula is C26H24FNO7.